The van der Waals surface area contributed by atoms with Crippen molar-refractivity contribution in [3.63, 3.8) is 0 Å². The van der Waals surface area contributed by atoms with Gasteiger partial charge in [-0.25, -0.2) is 20.8 Å². The Balaban J connectivity index is 1.88. The number of imidazole rings is 1. The summed E-state index contributed by atoms with van der Waals surface area (Å²) >= 11 is 0. The van der Waals surface area contributed by atoms with Crippen LogP contribution in [0.2, 0.25) is 0 Å². The minimum absolute atomic E-state index is 0.297. The average molecular weight is 365 g/mol. The summed E-state index contributed by atoms with van der Waals surface area (Å²) in [6.07, 6.45) is 6.46. The van der Waals surface area contributed by atoms with Crippen LogP contribution in [0, 0.1) is 6.92 Å². The molecule has 0 bridgehead atoms. The lowest BCUT2D eigenvalue weighted by Gasteiger charge is -2.13. The van der Waals surface area contributed by atoms with Crippen molar-refractivity contribution in [2.24, 2.45) is 11.6 Å². The number of allylic oxidation sites excluding steroid dienone is 1. The highest BCUT2D eigenvalue weighted by Crippen LogP contribution is 2.23. The number of nitrogens with two attached hydrogens (primary N) is 2. The van der Waals surface area contributed by atoms with E-state index in [0.29, 0.717) is 29.3 Å². The fraction of sp³-hybridized carbons (Fsp3) is 0.222. The molecule has 140 valence electrons. The number of aromatic nitrogens is 5. The van der Waals surface area contributed by atoms with Gasteiger partial charge in [-0.1, -0.05) is 6.58 Å². The molecule has 0 aliphatic carbocycles. The number of anilines is 3. The van der Waals surface area contributed by atoms with Crippen LogP contribution in [0.4, 0.5) is 17.6 Å². The standard InChI is InChI=1S/C18H23N9/c1-11(2)27-13(4)23-14-10-22-17(9-15(14)27)24-16-5-7-21-18(25-16)26(20)8-6-12(3)19/h5-11H,3,19-20H2,1-2,4H3,(H,21,22,24,25)/b8-6-. The van der Waals surface area contributed by atoms with Crippen LogP contribution in [0.3, 0.4) is 0 Å². The van der Waals surface area contributed by atoms with Crippen LogP contribution < -0.4 is 21.9 Å². The van der Waals surface area contributed by atoms with Crippen LogP contribution in [0.15, 0.2) is 49.1 Å². The second-order valence-electron chi connectivity index (χ2n) is 6.35. The molecule has 0 fully saturated rings. The van der Waals surface area contributed by atoms with Crippen molar-refractivity contribution in [3.05, 3.63) is 54.9 Å². The molecule has 0 aliphatic rings. The second kappa shape index (κ2) is 7.42. The Labute approximate surface area is 157 Å². The molecule has 3 rings (SSSR count). The van der Waals surface area contributed by atoms with Gasteiger partial charge >= 0.3 is 0 Å². The first-order valence-electron chi connectivity index (χ1n) is 8.46. The Morgan fingerprint density at radius 2 is 2.07 bits per heavy atom. The van der Waals surface area contributed by atoms with E-state index in [9.17, 15) is 0 Å². The van der Waals surface area contributed by atoms with Gasteiger partial charge in [0.15, 0.2) is 0 Å². The molecular formula is C18H23N9. The lowest BCUT2D eigenvalue weighted by Crippen LogP contribution is -2.26. The van der Waals surface area contributed by atoms with Crippen LogP contribution in [-0.2, 0) is 0 Å². The van der Waals surface area contributed by atoms with E-state index in [1.54, 1.807) is 24.5 Å². The summed E-state index contributed by atoms with van der Waals surface area (Å²) in [5, 5.41) is 4.44. The van der Waals surface area contributed by atoms with Crippen LogP contribution >= 0.6 is 0 Å². The number of nitrogens with one attached hydrogen (secondary N) is 1. The third-order valence-electron chi connectivity index (χ3n) is 3.85. The van der Waals surface area contributed by atoms with Crippen molar-refractivity contribution < 1.29 is 0 Å². The SMILES string of the molecule is C=C(N)/C=C\N(N)c1nccc(Nc2cc3c(cn2)nc(C)n3C(C)C)n1. The molecule has 3 aromatic rings. The number of nitrogens with zero attached hydrogens (tertiary/aromatic N) is 6. The van der Waals surface area contributed by atoms with E-state index in [2.05, 4.69) is 50.2 Å². The van der Waals surface area contributed by atoms with Crippen molar-refractivity contribution in [3.8, 4) is 0 Å². The molecule has 27 heavy (non-hydrogen) atoms. The van der Waals surface area contributed by atoms with E-state index in [4.69, 9.17) is 11.6 Å². The summed E-state index contributed by atoms with van der Waals surface area (Å²) in [5.41, 5.74) is 7.75. The summed E-state index contributed by atoms with van der Waals surface area (Å²) in [7, 11) is 0. The van der Waals surface area contributed by atoms with Crippen molar-refractivity contribution in [1.29, 1.82) is 0 Å². The second-order valence-corrected chi connectivity index (χ2v) is 6.35. The van der Waals surface area contributed by atoms with Gasteiger partial charge in [-0.05, 0) is 32.9 Å². The van der Waals surface area contributed by atoms with Crippen molar-refractivity contribution in [1.82, 2.24) is 24.5 Å². The number of aryl methyl sites for hydroxylation is 1. The molecule has 5 N–H and O–H groups in total. The first-order valence-corrected chi connectivity index (χ1v) is 8.46. The molecule has 0 aliphatic heterocycles. The topological polar surface area (TPSA) is 124 Å². The van der Waals surface area contributed by atoms with Gasteiger partial charge in [0, 0.05) is 30.2 Å². The summed E-state index contributed by atoms with van der Waals surface area (Å²) in [5.74, 6) is 8.39. The van der Waals surface area contributed by atoms with Crippen LogP contribution in [0.25, 0.3) is 11.0 Å². The highest BCUT2D eigenvalue weighted by atomic mass is 15.4. The van der Waals surface area contributed by atoms with Gasteiger partial charge in [0.1, 0.15) is 23.0 Å². The zero-order valence-corrected chi connectivity index (χ0v) is 15.6. The number of pyridine rings is 1. The van der Waals surface area contributed by atoms with E-state index >= 15 is 0 Å². The fourth-order valence-electron chi connectivity index (χ4n) is 2.76. The van der Waals surface area contributed by atoms with Crippen molar-refractivity contribution in [2.75, 3.05) is 10.3 Å². The third kappa shape index (κ3) is 4.04. The minimum Gasteiger partial charge on any atom is -0.399 e. The summed E-state index contributed by atoms with van der Waals surface area (Å²) in [4.78, 5) is 17.5. The van der Waals surface area contributed by atoms with Gasteiger partial charge in [-0.2, -0.15) is 4.98 Å². The zero-order valence-electron chi connectivity index (χ0n) is 15.6. The molecule has 9 nitrogen and oxygen atoms in total. The molecule has 0 aromatic carbocycles. The number of rotatable bonds is 6. The van der Waals surface area contributed by atoms with E-state index in [0.717, 1.165) is 16.9 Å². The fourth-order valence-corrected chi connectivity index (χ4v) is 2.76. The lowest BCUT2D eigenvalue weighted by atomic mass is 10.3. The molecule has 0 unspecified atom stereocenters. The van der Waals surface area contributed by atoms with Crippen molar-refractivity contribution in [2.45, 2.75) is 26.8 Å². The van der Waals surface area contributed by atoms with E-state index in [1.165, 1.54) is 11.2 Å². The lowest BCUT2D eigenvalue weighted by molar-refractivity contribution is 0.600. The van der Waals surface area contributed by atoms with Gasteiger partial charge in [0.25, 0.3) is 0 Å². The molecule has 0 saturated carbocycles. The Kier molecular flexibility index (Phi) is 5.04. The van der Waals surface area contributed by atoms with Gasteiger partial charge in [-0.15, -0.1) is 0 Å². The van der Waals surface area contributed by atoms with Crippen LogP contribution in [-0.4, -0.2) is 24.5 Å². The first-order chi connectivity index (χ1) is 12.8. The highest BCUT2D eigenvalue weighted by Gasteiger charge is 2.12. The molecule has 0 saturated heterocycles. The van der Waals surface area contributed by atoms with E-state index in [1.807, 2.05) is 13.0 Å². The highest BCUT2D eigenvalue weighted by molar-refractivity contribution is 5.79. The Hall–Kier alpha value is -3.46. The molecular weight excluding hydrogens is 342 g/mol. The van der Waals surface area contributed by atoms with Gasteiger partial charge in [-0.3, -0.25) is 5.01 Å². The largest absolute Gasteiger partial charge is 0.399 e. The maximum atomic E-state index is 5.91. The molecule has 3 heterocycles. The third-order valence-corrected chi connectivity index (χ3v) is 3.85. The molecule has 0 spiro atoms. The summed E-state index contributed by atoms with van der Waals surface area (Å²) < 4.78 is 2.17. The molecule has 0 radical (unpaired) electrons. The Morgan fingerprint density at radius 1 is 1.30 bits per heavy atom. The molecule has 3 aromatic heterocycles. The quantitative estimate of drug-likeness (QED) is 0.346. The smallest absolute Gasteiger partial charge is 0.246 e. The van der Waals surface area contributed by atoms with Gasteiger partial charge < -0.3 is 15.6 Å². The Bertz CT molecular complexity index is 1000. The van der Waals surface area contributed by atoms with Crippen LogP contribution in [0.5, 0.6) is 0 Å². The predicted octanol–water partition coefficient (Wildman–Crippen LogP) is 2.52. The maximum absolute atomic E-state index is 5.91. The average Bonchev–Trinajstić information content (AvgIpc) is 2.95. The van der Waals surface area contributed by atoms with Gasteiger partial charge in [0.2, 0.25) is 5.95 Å². The summed E-state index contributed by atoms with van der Waals surface area (Å²) in [6.45, 7) is 9.82. The number of hydrogen-bond acceptors (Lipinski definition) is 8. The zero-order chi connectivity index (χ0) is 19.6. The Morgan fingerprint density at radius 3 is 2.78 bits per heavy atom. The minimum atomic E-state index is 0.297. The van der Waals surface area contributed by atoms with Crippen LogP contribution in [0.1, 0.15) is 25.7 Å². The number of hydrazine groups is 1. The molecule has 9 heteroatoms. The normalized spacial score (nSPS) is 11.4. The molecule has 0 amide bonds. The van der Waals surface area contributed by atoms with Crippen molar-refractivity contribution >= 4 is 28.6 Å². The number of hydrogen-bond donors (Lipinski definition) is 3. The maximum Gasteiger partial charge on any atom is 0.246 e. The monoisotopic (exact) mass is 365 g/mol. The summed E-state index contributed by atoms with van der Waals surface area (Å²) in [6, 6.07) is 3.99. The van der Waals surface area contributed by atoms with E-state index < -0.39 is 0 Å². The van der Waals surface area contributed by atoms with E-state index in [-0.39, 0.29) is 0 Å². The van der Waals surface area contributed by atoms with Gasteiger partial charge in [0.05, 0.1) is 11.7 Å². The predicted molar refractivity (Wildman–Crippen MR) is 107 cm³/mol. The number of fused-ring (bicyclic) bond motifs is 1. The molecule has 0 atom stereocenters. The first kappa shape index (κ1) is 18.3.